The monoisotopic (exact) mass is 501 g/mol. The fourth-order valence-electron chi connectivity index (χ4n) is 3.04. The van der Waals surface area contributed by atoms with Crippen molar-refractivity contribution in [1.82, 2.24) is 15.2 Å². The lowest BCUT2D eigenvalue weighted by Gasteiger charge is -2.37. The van der Waals surface area contributed by atoms with Crippen LogP contribution in [-0.4, -0.2) is 55.7 Å². The zero-order chi connectivity index (χ0) is 18.4. The molecule has 0 spiro atoms. The maximum Gasteiger partial charge on any atom is 0.194 e. The van der Waals surface area contributed by atoms with Gasteiger partial charge in [0.05, 0.1) is 18.7 Å². The number of rotatable bonds is 5. The van der Waals surface area contributed by atoms with Gasteiger partial charge < -0.3 is 19.9 Å². The fourth-order valence-corrected chi connectivity index (χ4v) is 3.76. The second-order valence-corrected chi connectivity index (χ2v) is 7.51. The number of ether oxygens (including phenoxy) is 1. The molecule has 0 bridgehead atoms. The Labute approximate surface area is 182 Å². The second-order valence-electron chi connectivity index (χ2n) is 6.19. The predicted molar refractivity (Wildman–Crippen MR) is 124 cm³/mol. The number of anilines is 1. The van der Waals surface area contributed by atoms with Gasteiger partial charge >= 0.3 is 0 Å². The summed E-state index contributed by atoms with van der Waals surface area (Å²) in [5.41, 5.74) is 1.21. The largest absolute Gasteiger partial charge is 0.497 e. The Morgan fingerprint density at radius 1 is 1.30 bits per heavy atom. The number of hydrogen-bond donors (Lipinski definition) is 1. The summed E-state index contributed by atoms with van der Waals surface area (Å²) in [4.78, 5) is 15.1. The van der Waals surface area contributed by atoms with Crippen molar-refractivity contribution in [3.8, 4) is 5.75 Å². The predicted octanol–water partition coefficient (Wildman–Crippen LogP) is 3.37. The summed E-state index contributed by atoms with van der Waals surface area (Å²) in [7, 11) is 1.71. The molecule has 27 heavy (non-hydrogen) atoms. The molecular weight excluding hydrogens is 473 g/mol. The van der Waals surface area contributed by atoms with Crippen molar-refractivity contribution in [1.29, 1.82) is 0 Å². The highest BCUT2D eigenvalue weighted by atomic mass is 127. The molecule has 2 heterocycles. The van der Waals surface area contributed by atoms with Crippen LogP contribution < -0.4 is 15.0 Å². The molecule has 1 aliphatic rings. The minimum absolute atomic E-state index is 0. The maximum absolute atomic E-state index is 5.34. The first-order valence-corrected chi connectivity index (χ1v) is 9.85. The molecule has 8 heteroatoms. The molecule has 6 nitrogen and oxygen atoms in total. The minimum atomic E-state index is 0. The molecule has 148 valence electrons. The van der Waals surface area contributed by atoms with E-state index in [2.05, 4.69) is 39.2 Å². The van der Waals surface area contributed by atoms with Gasteiger partial charge in [0.15, 0.2) is 5.96 Å². The normalized spacial score (nSPS) is 14.7. The molecule has 0 atom stereocenters. The number of aryl methyl sites for hydroxylation is 1. The first-order valence-electron chi connectivity index (χ1n) is 9.03. The third-order valence-corrected chi connectivity index (χ3v) is 5.28. The third kappa shape index (κ3) is 5.97. The number of piperazine rings is 1. The highest BCUT2D eigenvalue weighted by Gasteiger charge is 2.20. The Balaban J connectivity index is 0.00000261. The van der Waals surface area contributed by atoms with E-state index in [9.17, 15) is 0 Å². The average molecular weight is 501 g/mol. The van der Waals surface area contributed by atoms with Crippen molar-refractivity contribution in [3.05, 3.63) is 40.3 Å². The number of aromatic nitrogens is 1. The number of nitrogens with one attached hydrogen (secondary N) is 1. The summed E-state index contributed by atoms with van der Waals surface area (Å²) < 4.78 is 5.34. The van der Waals surface area contributed by atoms with Gasteiger partial charge in [0, 0.05) is 55.6 Å². The number of thiazole rings is 1. The van der Waals surface area contributed by atoms with E-state index in [4.69, 9.17) is 9.73 Å². The van der Waals surface area contributed by atoms with Crippen molar-refractivity contribution in [3.63, 3.8) is 0 Å². The molecule has 0 aliphatic carbocycles. The molecule has 0 amide bonds. The minimum Gasteiger partial charge on any atom is -0.497 e. The zero-order valence-corrected chi connectivity index (χ0v) is 19.3. The number of benzene rings is 1. The Hall–Kier alpha value is -1.55. The van der Waals surface area contributed by atoms with E-state index in [-0.39, 0.29) is 24.0 Å². The Bertz CT molecular complexity index is 743. The molecule has 2 aromatic rings. The summed E-state index contributed by atoms with van der Waals surface area (Å²) in [5.74, 6) is 1.89. The summed E-state index contributed by atoms with van der Waals surface area (Å²) in [6, 6.07) is 8.27. The number of methoxy groups -OCH3 is 1. The van der Waals surface area contributed by atoms with Crippen LogP contribution in [0.15, 0.2) is 35.5 Å². The van der Waals surface area contributed by atoms with Crippen molar-refractivity contribution in [2.75, 3.05) is 44.7 Å². The molecular formula is C19H28IN5OS. The van der Waals surface area contributed by atoms with Crippen LogP contribution in [0.3, 0.4) is 0 Å². The first-order chi connectivity index (χ1) is 12.7. The number of nitrogens with zero attached hydrogens (tertiary/aromatic N) is 4. The maximum atomic E-state index is 5.34. The number of aliphatic imine (C=N–C) groups is 1. The quantitative estimate of drug-likeness (QED) is 0.387. The molecule has 0 unspecified atom stereocenters. The van der Waals surface area contributed by atoms with Crippen molar-refractivity contribution in [2.45, 2.75) is 20.4 Å². The van der Waals surface area contributed by atoms with E-state index >= 15 is 0 Å². The molecule has 0 radical (unpaired) electrons. The molecule has 1 aliphatic heterocycles. The molecule has 1 aromatic heterocycles. The Morgan fingerprint density at radius 3 is 2.70 bits per heavy atom. The lowest BCUT2D eigenvalue weighted by molar-refractivity contribution is 0.372. The average Bonchev–Trinajstić information content (AvgIpc) is 3.10. The van der Waals surface area contributed by atoms with Crippen molar-refractivity contribution < 1.29 is 4.74 Å². The molecule has 1 fully saturated rings. The van der Waals surface area contributed by atoms with Crippen LogP contribution in [0.5, 0.6) is 5.75 Å². The van der Waals surface area contributed by atoms with E-state index < -0.39 is 0 Å². The number of guanidine groups is 1. The van der Waals surface area contributed by atoms with Gasteiger partial charge in [0.1, 0.15) is 5.75 Å². The van der Waals surface area contributed by atoms with Crippen LogP contribution in [0.2, 0.25) is 0 Å². The molecule has 1 aromatic carbocycles. The van der Waals surface area contributed by atoms with E-state index in [1.807, 2.05) is 25.3 Å². The van der Waals surface area contributed by atoms with Gasteiger partial charge in [-0.25, -0.2) is 9.98 Å². The fraction of sp³-hybridized carbons (Fsp3) is 0.474. The van der Waals surface area contributed by atoms with Gasteiger partial charge in [-0.05, 0) is 26.0 Å². The standard InChI is InChI=1S/C19H27N5OS.HI/c1-4-20-19(22-14-18-13-21-15(2)26-18)24-10-8-23(9-11-24)16-6-5-7-17(12-16)25-3;/h5-7,12-13H,4,8-11,14H2,1-3H3,(H,20,22);1H. The SMILES string of the molecule is CCNC(=NCc1cnc(C)s1)N1CCN(c2cccc(OC)c2)CC1.I. The highest BCUT2D eigenvalue weighted by molar-refractivity contribution is 14.0. The van der Waals surface area contributed by atoms with Crippen LogP contribution in [-0.2, 0) is 6.54 Å². The Kier molecular flexibility index (Phi) is 8.62. The van der Waals surface area contributed by atoms with Gasteiger partial charge in [-0.1, -0.05) is 6.07 Å². The second kappa shape index (κ2) is 10.7. The van der Waals surface area contributed by atoms with Crippen molar-refractivity contribution >= 4 is 47.0 Å². The van der Waals surface area contributed by atoms with Gasteiger partial charge in [-0.2, -0.15) is 0 Å². The molecule has 3 rings (SSSR count). The topological polar surface area (TPSA) is 53.0 Å². The smallest absolute Gasteiger partial charge is 0.194 e. The van der Waals surface area contributed by atoms with E-state index in [1.54, 1.807) is 18.4 Å². The molecule has 0 saturated carbocycles. The van der Waals surface area contributed by atoms with Gasteiger partial charge in [0.25, 0.3) is 0 Å². The first kappa shape index (κ1) is 21.7. The lowest BCUT2D eigenvalue weighted by atomic mass is 10.2. The van der Waals surface area contributed by atoms with E-state index in [1.165, 1.54) is 10.6 Å². The van der Waals surface area contributed by atoms with E-state index in [0.717, 1.165) is 49.4 Å². The van der Waals surface area contributed by atoms with E-state index in [0.29, 0.717) is 6.54 Å². The zero-order valence-electron chi connectivity index (χ0n) is 16.1. The third-order valence-electron chi connectivity index (χ3n) is 4.39. The van der Waals surface area contributed by atoms with Crippen LogP contribution in [0.25, 0.3) is 0 Å². The summed E-state index contributed by atoms with van der Waals surface area (Å²) >= 11 is 1.71. The number of halogens is 1. The van der Waals surface area contributed by atoms with Crippen LogP contribution in [0.1, 0.15) is 16.8 Å². The van der Waals surface area contributed by atoms with Gasteiger partial charge in [0.2, 0.25) is 0 Å². The van der Waals surface area contributed by atoms with Gasteiger partial charge in [-0.15, -0.1) is 35.3 Å². The molecule has 1 saturated heterocycles. The van der Waals surface area contributed by atoms with Crippen molar-refractivity contribution in [2.24, 2.45) is 4.99 Å². The summed E-state index contributed by atoms with van der Waals surface area (Å²) in [6.45, 7) is 9.53. The lowest BCUT2D eigenvalue weighted by Crippen LogP contribution is -2.52. The van der Waals surface area contributed by atoms with Crippen LogP contribution in [0, 0.1) is 6.92 Å². The van der Waals surface area contributed by atoms with Crippen LogP contribution >= 0.6 is 35.3 Å². The number of hydrogen-bond acceptors (Lipinski definition) is 5. The summed E-state index contributed by atoms with van der Waals surface area (Å²) in [6.07, 6.45) is 1.92. The van der Waals surface area contributed by atoms with Gasteiger partial charge in [-0.3, -0.25) is 0 Å². The molecule has 1 N–H and O–H groups in total. The Morgan fingerprint density at radius 2 is 2.07 bits per heavy atom. The highest BCUT2D eigenvalue weighted by Crippen LogP contribution is 2.22. The summed E-state index contributed by atoms with van der Waals surface area (Å²) in [5, 5.41) is 4.51. The van der Waals surface area contributed by atoms with Crippen LogP contribution in [0.4, 0.5) is 5.69 Å².